The van der Waals surface area contributed by atoms with E-state index >= 15 is 0 Å². The van der Waals surface area contributed by atoms with Crippen molar-refractivity contribution in [3.8, 4) is 0 Å². The summed E-state index contributed by atoms with van der Waals surface area (Å²) in [6, 6.07) is 5.48. The second-order valence-electron chi connectivity index (χ2n) is 3.01. The van der Waals surface area contributed by atoms with Crippen molar-refractivity contribution < 1.29 is 39.3 Å². The second-order valence-corrected chi connectivity index (χ2v) is 3.01. The minimum atomic E-state index is -1.23. The molecule has 1 aromatic rings. The zero-order valence-corrected chi connectivity index (χ0v) is 12.8. The first-order valence-electron chi connectivity index (χ1n) is 4.89. The molecule has 90 valence electrons. The third-order valence-corrected chi connectivity index (χ3v) is 1.74. The molecular formula is C12H15O4Zn-. The monoisotopic (exact) mass is 287 g/mol. The van der Waals surface area contributed by atoms with E-state index < -0.39 is 11.9 Å². The maximum atomic E-state index is 10.5. The Bertz CT molecular complexity index is 328. The van der Waals surface area contributed by atoms with E-state index in [9.17, 15) is 9.59 Å². The third kappa shape index (κ3) is 6.85. The normalized spacial score (nSPS) is 8.35. The van der Waals surface area contributed by atoms with Gasteiger partial charge in [-0.3, -0.25) is 0 Å². The van der Waals surface area contributed by atoms with Crippen molar-refractivity contribution in [2.75, 3.05) is 0 Å². The minimum absolute atomic E-state index is 0. The van der Waals surface area contributed by atoms with Crippen LogP contribution in [0.15, 0.2) is 24.3 Å². The number of unbranched alkanes of at least 4 members (excludes halogenated alkanes) is 1. The Hall–Kier alpha value is -1.22. The van der Waals surface area contributed by atoms with Crippen molar-refractivity contribution in [3.63, 3.8) is 0 Å². The van der Waals surface area contributed by atoms with Gasteiger partial charge in [-0.15, -0.1) is 0 Å². The molecule has 5 heteroatoms. The van der Waals surface area contributed by atoms with Gasteiger partial charge in [-0.2, -0.15) is 6.42 Å². The van der Waals surface area contributed by atoms with E-state index in [1.807, 2.05) is 0 Å². The second kappa shape index (κ2) is 9.97. The van der Waals surface area contributed by atoms with Crippen molar-refractivity contribution in [3.05, 3.63) is 42.3 Å². The standard InChI is InChI=1S/C8H6O4.C4H9.Zn/c9-7(10)5-3-1-2-4-6(5)8(11)12;1-3-4-2;/h1-4H,(H,9,10)(H,11,12);1,3-4H2,2H3;/q;-1;. The fourth-order valence-corrected chi connectivity index (χ4v) is 0.856. The van der Waals surface area contributed by atoms with Gasteiger partial charge in [0.25, 0.3) is 0 Å². The van der Waals surface area contributed by atoms with Gasteiger partial charge in [0.1, 0.15) is 0 Å². The van der Waals surface area contributed by atoms with Crippen LogP contribution in [0, 0.1) is 6.92 Å². The molecule has 4 nitrogen and oxygen atoms in total. The molecule has 0 unspecified atom stereocenters. The molecule has 0 saturated carbocycles. The fraction of sp³-hybridized carbons (Fsp3) is 0.250. The van der Waals surface area contributed by atoms with Gasteiger partial charge in [0.2, 0.25) is 0 Å². The third-order valence-electron chi connectivity index (χ3n) is 1.74. The molecule has 17 heavy (non-hydrogen) atoms. The first kappa shape index (κ1) is 18.2. The topological polar surface area (TPSA) is 74.6 Å². The van der Waals surface area contributed by atoms with Crippen LogP contribution >= 0.6 is 0 Å². The van der Waals surface area contributed by atoms with Gasteiger partial charge in [0.15, 0.2) is 0 Å². The maximum absolute atomic E-state index is 10.5. The summed E-state index contributed by atoms with van der Waals surface area (Å²) >= 11 is 0. The Morgan fingerprint density at radius 1 is 1.12 bits per heavy atom. The van der Waals surface area contributed by atoms with Crippen molar-refractivity contribution in [1.82, 2.24) is 0 Å². The van der Waals surface area contributed by atoms with Crippen LogP contribution in [-0.2, 0) is 19.5 Å². The average molecular weight is 289 g/mol. The van der Waals surface area contributed by atoms with Gasteiger partial charge in [0, 0.05) is 19.5 Å². The zero-order valence-electron chi connectivity index (χ0n) is 9.85. The minimum Gasteiger partial charge on any atom is -0.478 e. The van der Waals surface area contributed by atoms with Crippen molar-refractivity contribution in [1.29, 1.82) is 0 Å². The van der Waals surface area contributed by atoms with E-state index in [1.165, 1.54) is 30.7 Å². The number of carbonyl (C=O) groups is 2. The molecule has 0 amide bonds. The number of hydrogen-bond donors (Lipinski definition) is 2. The molecule has 2 N–H and O–H groups in total. The first-order chi connectivity index (χ1) is 7.54. The molecule has 0 bridgehead atoms. The maximum Gasteiger partial charge on any atom is 0.336 e. The Labute approximate surface area is 113 Å². The van der Waals surface area contributed by atoms with E-state index in [2.05, 4.69) is 13.8 Å². The van der Waals surface area contributed by atoms with E-state index in [0.717, 1.165) is 6.42 Å². The quantitative estimate of drug-likeness (QED) is 0.662. The van der Waals surface area contributed by atoms with Crippen molar-refractivity contribution in [2.24, 2.45) is 0 Å². The Kier molecular flexibility index (Phi) is 10.6. The number of benzene rings is 1. The number of hydrogen-bond acceptors (Lipinski definition) is 2. The molecule has 0 aromatic heterocycles. The molecule has 1 aromatic carbocycles. The van der Waals surface area contributed by atoms with Crippen LogP contribution < -0.4 is 0 Å². The number of rotatable bonds is 3. The first-order valence-corrected chi connectivity index (χ1v) is 4.89. The Morgan fingerprint density at radius 2 is 1.41 bits per heavy atom. The molecule has 0 aliphatic carbocycles. The van der Waals surface area contributed by atoms with Gasteiger partial charge < -0.3 is 17.1 Å². The van der Waals surface area contributed by atoms with Gasteiger partial charge in [0.05, 0.1) is 11.1 Å². The van der Waals surface area contributed by atoms with E-state index in [1.54, 1.807) is 0 Å². The summed E-state index contributed by atoms with van der Waals surface area (Å²) < 4.78 is 0. The molecule has 0 aliphatic rings. The van der Waals surface area contributed by atoms with Crippen LogP contribution in [0.5, 0.6) is 0 Å². The largest absolute Gasteiger partial charge is 0.478 e. The van der Waals surface area contributed by atoms with Crippen LogP contribution in [0.3, 0.4) is 0 Å². The molecule has 0 saturated heterocycles. The summed E-state index contributed by atoms with van der Waals surface area (Å²) in [7, 11) is 0. The summed E-state index contributed by atoms with van der Waals surface area (Å²) in [6.45, 7) is 5.72. The summed E-state index contributed by atoms with van der Waals surface area (Å²) in [6.07, 6.45) is 2.28. The smallest absolute Gasteiger partial charge is 0.336 e. The molecule has 0 fully saturated rings. The predicted molar refractivity (Wildman–Crippen MR) is 60.6 cm³/mol. The molecule has 0 aliphatic heterocycles. The molecule has 0 atom stereocenters. The Morgan fingerprint density at radius 3 is 1.59 bits per heavy atom. The number of carboxylic acids is 2. The zero-order chi connectivity index (χ0) is 12.6. The van der Waals surface area contributed by atoms with Crippen LogP contribution in [0.2, 0.25) is 0 Å². The summed E-state index contributed by atoms with van der Waals surface area (Å²) in [5, 5.41) is 17.1. The van der Waals surface area contributed by atoms with Crippen LogP contribution in [-0.4, -0.2) is 22.2 Å². The van der Waals surface area contributed by atoms with E-state index in [0.29, 0.717) is 0 Å². The fourth-order valence-electron chi connectivity index (χ4n) is 0.856. The van der Waals surface area contributed by atoms with Gasteiger partial charge in [-0.05, 0) is 12.1 Å². The van der Waals surface area contributed by atoms with Crippen LogP contribution in [0.4, 0.5) is 0 Å². The molecule has 0 spiro atoms. The summed E-state index contributed by atoms with van der Waals surface area (Å²) in [5.74, 6) is -2.46. The van der Waals surface area contributed by atoms with Crippen LogP contribution in [0.25, 0.3) is 0 Å². The molecular weight excluding hydrogens is 274 g/mol. The van der Waals surface area contributed by atoms with Gasteiger partial charge in [-0.25, -0.2) is 9.59 Å². The SMILES string of the molecule is O=C(O)c1ccccc1C(=O)O.[CH2-]CCC.[Zn]. The number of aromatic carboxylic acids is 2. The van der Waals surface area contributed by atoms with Crippen molar-refractivity contribution >= 4 is 11.9 Å². The average Bonchev–Trinajstić information content (AvgIpc) is 2.29. The van der Waals surface area contributed by atoms with Gasteiger partial charge >= 0.3 is 11.9 Å². The predicted octanol–water partition coefficient (Wildman–Crippen LogP) is 2.70. The summed E-state index contributed by atoms with van der Waals surface area (Å²) in [4.78, 5) is 20.9. The van der Waals surface area contributed by atoms with E-state index in [-0.39, 0.29) is 30.6 Å². The molecule has 0 radical (unpaired) electrons. The Balaban J connectivity index is 0. The molecule has 0 heterocycles. The van der Waals surface area contributed by atoms with E-state index in [4.69, 9.17) is 10.2 Å². The number of carboxylic acid groups (broad SMARTS) is 2. The van der Waals surface area contributed by atoms with Crippen LogP contribution in [0.1, 0.15) is 40.5 Å². The van der Waals surface area contributed by atoms with Crippen molar-refractivity contribution in [2.45, 2.75) is 19.8 Å². The molecule has 1 rings (SSSR count). The summed E-state index contributed by atoms with van der Waals surface area (Å²) in [5.41, 5.74) is -0.380. The van der Waals surface area contributed by atoms with Gasteiger partial charge in [-0.1, -0.05) is 25.5 Å².